The van der Waals surface area contributed by atoms with Gasteiger partial charge in [-0.3, -0.25) is 4.79 Å². The first-order valence-corrected chi connectivity index (χ1v) is 6.98. The Bertz CT molecular complexity index is 566. The van der Waals surface area contributed by atoms with Gasteiger partial charge < -0.3 is 10.6 Å². The van der Waals surface area contributed by atoms with Crippen molar-refractivity contribution in [1.29, 1.82) is 0 Å². The van der Waals surface area contributed by atoms with Crippen LogP contribution in [0.25, 0.3) is 0 Å². The average Bonchev–Trinajstić information content (AvgIpc) is 2.92. The highest BCUT2D eigenvalue weighted by Crippen LogP contribution is 2.18. The van der Waals surface area contributed by atoms with E-state index in [4.69, 9.17) is 0 Å². The SMILES string of the molecule is CNc1ccc(C(=O)NC(C)c2nccs2)c(C)c1. The third-order valence-corrected chi connectivity index (χ3v) is 3.89. The largest absolute Gasteiger partial charge is 0.388 e. The van der Waals surface area contributed by atoms with Gasteiger partial charge in [0.2, 0.25) is 0 Å². The molecule has 19 heavy (non-hydrogen) atoms. The summed E-state index contributed by atoms with van der Waals surface area (Å²) in [6.45, 7) is 3.87. The lowest BCUT2D eigenvalue weighted by atomic mass is 10.1. The van der Waals surface area contributed by atoms with Crippen molar-refractivity contribution >= 4 is 22.9 Å². The molecule has 0 aliphatic rings. The fraction of sp³-hybridized carbons (Fsp3) is 0.286. The molecule has 0 aliphatic heterocycles. The molecule has 0 spiro atoms. The molecule has 0 saturated heterocycles. The highest BCUT2D eigenvalue weighted by Gasteiger charge is 2.14. The Labute approximate surface area is 116 Å². The maximum atomic E-state index is 12.2. The van der Waals surface area contributed by atoms with E-state index in [9.17, 15) is 4.79 Å². The Morgan fingerprint density at radius 3 is 2.79 bits per heavy atom. The molecule has 100 valence electrons. The van der Waals surface area contributed by atoms with Crippen LogP contribution in [0.4, 0.5) is 5.69 Å². The van der Waals surface area contributed by atoms with Gasteiger partial charge in [0, 0.05) is 29.9 Å². The van der Waals surface area contributed by atoms with E-state index >= 15 is 0 Å². The summed E-state index contributed by atoms with van der Waals surface area (Å²) in [5.74, 6) is -0.0668. The molecule has 5 heteroatoms. The van der Waals surface area contributed by atoms with Gasteiger partial charge in [-0.1, -0.05) is 0 Å². The zero-order chi connectivity index (χ0) is 13.8. The van der Waals surface area contributed by atoms with Crippen molar-refractivity contribution in [3.63, 3.8) is 0 Å². The topological polar surface area (TPSA) is 54.0 Å². The van der Waals surface area contributed by atoms with E-state index in [1.54, 1.807) is 17.5 Å². The monoisotopic (exact) mass is 275 g/mol. The molecule has 4 nitrogen and oxygen atoms in total. The highest BCUT2D eigenvalue weighted by atomic mass is 32.1. The van der Waals surface area contributed by atoms with Gasteiger partial charge in [-0.15, -0.1) is 11.3 Å². The number of nitrogens with one attached hydrogen (secondary N) is 2. The number of nitrogens with zero attached hydrogens (tertiary/aromatic N) is 1. The molecule has 2 rings (SSSR count). The van der Waals surface area contributed by atoms with Gasteiger partial charge in [-0.2, -0.15) is 0 Å². The fourth-order valence-corrected chi connectivity index (χ4v) is 2.50. The lowest BCUT2D eigenvalue weighted by Crippen LogP contribution is -2.27. The summed E-state index contributed by atoms with van der Waals surface area (Å²) < 4.78 is 0. The first-order chi connectivity index (χ1) is 9.11. The molecule has 1 unspecified atom stereocenters. The summed E-state index contributed by atoms with van der Waals surface area (Å²) in [6, 6.07) is 5.63. The number of benzene rings is 1. The third kappa shape index (κ3) is 3.12. The second-order valence-corrected chi connectivity index (χ2v) is 5.27. The molecule has 2 aromatic rings. The van der Waals surface area contributed by atoms with Crippen LogP contribution in [0.15, 0.2) is 29.8 Å². The fourth-order valence-electron chi connectivity index (χ4n) is 1.86. The van der Waals surface area contributed by atoms with Gasteiger partial charge in [-0.25, -0.2) is 4.98 Å². The lowest BCUT2D eigenvalue weighted by molar-refractivity contribution is 0.0939. The van der Waals surface area contributed by atoms with Gasteiger partial charge in [0.25, 0.3) is 5.91 Å². The zero-order valence-electron chi connectivity index (χ0n) is 11.2. The van der Waals surface area contributed by atoms with Crippen LogP contribution in [-0.2, 0) is 0 Å². The summed E-state index contributed by atoms with van der Waals surface area (Å²) in [4.78, 5) is 16.4. The van der Waals surface area contributed by atoms with E-state index in [2.05, 4.69) is 15.6 Å². The minimum absolute atomic E-state index is 0.0668. The summed E-state index contributed by atoms with van der Waals surface area (Å²) in [6.07, 6.45) is 1.75. The van der Waals surface area contributed by atoms with Crippen LogP contribution in [0.5, 0.6) is 0 Å². The number of aryl methyl sites for hydroxylation is 1. The molecule has 1 amide bonds. The van der Waals surface area contributed by atoms with Crippen LogP contribution in [0, 0.1) is 6.92 Å². The van der Waals surface area contributed by atoms with Crippen molar-refractivity contribution < 1.29 is 4.79 Å². The molecular weight excluding hydrogens is 258 g/mol. The molecule has 0 saturated carbocycles. The van der Waals surface area contributed by atoms with Gasteiger partial charge in [0.15, 0.2) is 0 Å². The number of amides is 1. The van der Waals surface area contributed by atoms with E-state index in [1.165, 1.54) is 0 Å². The smallest absolute Gasteiger partial charge is 0.252 e. The summed E-state index contributed by atoms with van der Waals surface area (Å²) in [5.41, 5.74) is 2.65. The standard InChI is InChI=1S/C14H17N3OS/c1-9-8-11(15-3)4-5-12(9)13(18)17-10(2)14-16-6-7-19-14/h4-8,10,15H,1-3H3,(H,17,18). The van der Waals surface area contributed by atoms with Gasteiger partial charge in [0.1, 0.15) is 5.01 Å². The number of aromatic nitrogens is 1. The van der Waals surface area contributed by atoms with E-state index in [1.807, 2.05) is 44.5 Å². The first-order valence-electron chi connectivity index (χ1n) is 6.10. The van der Waals surface area contributed by atoms with Crippen molar-refractivity contribution in [1.82, 2.24) is 10.3 Å². The van der Waals surface area contributed by atoms with Crippen LogP contribution in [0.1, 0.15) is 33.9 Å². The van der Waals surface area contributed by atoms with E-state index in [-0.39, 0.29) is 11.9 Å². The average molecular weight is 275 g/mol. The maximum absolute atomic E-state index is 12.2. The second kappa shape index (κ2) is 5.84. The predicted molar refractivity (Wildman–Crippen MR) is 78.7 cm³/mol. The van der Waals surface area contributed by atoms with Crippen LogP contribution >= 0.6 is 11.3 Å². The van der Waals surface area contributed by atoms with Gasteiger partial charge in [-0.05, 0) is 37.6 Å². The number of carbonyl (C=O) groups is 1. The van der Waals surface area contributed by atoms with E-state index < -0.39 is 0 Å². The minimum atomic E-state index is -0.0733. The number of carbonyl (C=O) groups excluding carboxylic acids is 1. The normalized spacial score (nSPS) is 11.9. The number of hydrogen-bond donors (Lipinski definition) is 2. The quantitative estimate of drug-likeness (QED) is 0.902. The zero-order valence-corrected chi connectivity index (χ0v) is 12.0. The molecule has 0 bridgehead atoms. The second-order valence-electron chi connectivity index (χ2n) is 4.35. The lowest BCUT2D eigenvalue weighted by Gasteiger charge is -2.13. The predicted octanol–water partition coefficient (Wildman–Crippen LogP) is 2.98. The van der Waals surface area contributed by atoms with E-state index in [0.717, 1.165) is 16.3 Å². The Kier molecular flexibility index (Phi) is 4.16. The number of anilines is 1. The van der Waals surface area contributed by atoms with Crippen LogP contribution in [-0.4, -0.2) is 17.9 Å². The minimum Gasteiger partial charge on any atom is -0.388 e. The molecule has 0 radical (unpaired) electrons. The Balaban J connectivity index is 2.12. The van der Waals surface area contributed by atoms with Crippen LogP contribution in [0.2, 0.25) is 0 Å². The van der Waals surface area contributed by atoms with Gasteiger partial charge >= 0.3 is 0 Å². The number of hydrogen-bond acceptors (Lipinski definition) is 4. The Morgan fingerprint density at radius 1 is 1.42 bits per heavy atom. The number of rotatable bonds is 4. The van der Waals surface area contributed by atoms with Crippen LogP contribution in [0.3, 0.4) is 0 Å². The van der Waals surface area contributed by atoms with E-state index in [0.29, 0.717) is 5.56 Å². The first kappa shape index (κ1) is 13.5. The van der Waals surface area contributed by atoms with Crippen molar-refractivity contribution in [3.05, 3.63) is 45.9 Å². The Morgan fingerprint density at radius 2 is 2.21 bits per heavy atom. The summed E-state index contributed by atoms with van der Waals surface area (Å²) in [7, 11) is 1.86. The van der Waals surface area contributed by atoms with Crippen molar-refractivity contribution in [2.75, 3.05) is 12.4 Å². The van der Waals surface area contributed by atoms with Gasteiger partial charge in [0.05, 0.1) is 6.04 Å². The molecule has 1 aromatic heterocycles. The maximum Gasteiger partial charge on any atom is 0.252 e. The third-order valence-electron chi connectivity index (χ3n) is 2.93. The van der Waals surface area contributed by atoms with Crippen LogP contribution < -0.4 is 10.6 Å². The number of thiazole rings is 1. The molecule has 1 heterocycles. The molecule has 1 aromatic carbocycles. The summed E-state index contributed by atoms with van der Waals surface area (Å²) >= 11 is 1.54. The molecule has 0 fully saturated rings. The van der Waals surface area contributed by atoms with Crippen molar-refractivity contribution in [3.8, 4) is 0 Å². The Hall–Kier alpha value is -1.88. The van der Waals surface area contributed by atoms with Crippen molar-refractivity contribution in [2.24, 2.45) is 0 Å². The molecule has 2 N–H and O–H groups in total. The highest BCUT2D eigenvalue weighted by molar-refractivity contribution is 7.09. The van der Waals surface area contributed by atoms with Crippen molar-refractivity contribution in [2.45, 2.75) is 19.9 Å². The molecular formula is C14H17N3OS. The summed E-state index contributed by atoms with van der Waals surface area (Å²) in [5, 5.41) is 8.84. The molecule has 0 aliphatic carbocycles. The molecule has 1 atom stereocenters.